The number of nitrogens with zero attached hydrogens (tertiary/aromatic N) is 2. The van der Waals surface area contributed by atoms with Gasteiger partial charge in [0.1, 0.15) is 16.8 Å². The molecule has 4 rings (SSSR count). The van der Waals surface area contributed by atoms with Gasteiger partial charge in [-0.05, 0) is 25.0 Å². The molecule has 7 nitrogen and oxygen atoms in total. The minimum atomic E-state index is -0.459. The Morgan fingerprint density at radius 1 is 1.14 bits per heavy atom. The van der Waals surface area contributed by atoms with Crippen molar-refractivity contribution in [3.63, 3.8) is 0 Å². The van der Waals surface area contributed by atoms with Gasteiger partial charge >= 0.3 is 6.03 Å². The zero-order valence-electron chi connectivity index (χ0n) is 15.8. The lowest BCUT2D eigenvalue weighted by molar-refractivity contribution is -0.124. The van der Waals surface area contributed by atoms with Crippen LogP contribution < -0.4 is 10.6 Å². The molecule has 8 heteroatoms. The van der Waals surface area contributed by atoms with Crippen molar-refractivity contribution in [3.05, 3.63) is 65.6 Å². The monoisotopic (exact) mass is 410 g/mol. The first-order valence-electron chi connectivity index (χ1n) is 9.55. The van der Waals surface area contributed by atoms with Gasteiger partial charge in [-0.2, -0.15) is 0 Å². The molecule has 0 aliphatic carbocycles. The molecule has 0 spiro atoms. The van der Waals surface area contributed by atoms with Crippen LogP contribution in [0.4, 0.5) is 4.79 Å². The van der Waals surface area contributed by atoms with E-state index in [1.165, 1.54) is 0 Å². The van der Waals surface area contributed by atoms with E-state index in [-0.39, 0.29) is 11.9 Å². The van der Waals surface area contributed by atoms with Gasteiger partial charge in [0.2, 0.25) is 5.91 Å². The van der Waals surface area contributed by atoms with Crippen LogP contribution in [-0.4, -0.2) is 34.4 Å². The van der Waals surface area contributed by atoms with E-state index >= 15 is 0 Å². The highest BCUT2D eigenvalue weighted by Crippen LogP contribution is 2.23. The van der Waals surface area contributed by atoms with Gasteiger partial charge in [0, 0.05) is 17.5 Å². The number of likely N-dealkylation sites (tertiary alicyclic amines) is 1. The summed E-state index contributed by atoms with van der Waals surface area (Å²) in [5, 5.41) is 8.61. The first-order valence-corrected chi connectivity index (χ1v) is 10.4. The van der Waals surface area contributed by atoms with Gasteiger partial charge in [0.05, 0.1) is 25.0 Å². The van der Waals surface area contributed by atoms with Gasteiger partial charge < -0.3 is 20.0 Å². The predicted octanol–water partition coefficient (Wildman–Crippen LogP) is 3.39. The largest absolute Gasteiger partial charge is 0.467 e. The van der Waals surface area contributed by atoms with Crippen molar-refractivity contribution < 1.29 is 14.0 Å². The number of amides is 3. The molecular weight excluding hydrogens is 388 g/mol. The Balaban J connectivity index is 1.30. The maximum Gasteiger partial charge on any atom is 0.318 e. The molecule has 1 unspecified atom stereocenters. The first kappa shape index (κ1) is 19.2. The molecule has 29 heavy (non-hydrogen) atoms. The van der Waals surface area contributed by atoms with Crippen molar-refractivity contribution >= 4 is 23.3 Å². The van der Waals surface area contributed by atoms with E-state index in [1.54, 1.807) is 34.6 Å². The zero-order valence-corrected chi connectivity index (χ0v) is 16.7. The molecule has 1 atom stereocenters. The number of furan rings is 1. The number of benzene rings is 1. The summed E-state index contributed by atoms with van der Waals surface area (Å²) in [7, 11) is 0. The first-order chi connectivity index (χ1) is 14.2. The van der Waals surface area contributed by atoms with E-state index in [9.17, 15) is 9.59 Å². The molecule has 3 aromatic rings. The van der Waals surface area contributed by atoms with Crippen LogP contribution in [0.2, 0.25) is 0 Å². The number of rotatable bonds is 6. The molecule has 1 aliphatic rings. The lowest BCUT2D eigenvalue weighted by Gasteiger charge is -2.24. The molecule has 2 N–H and O–H groups in total. The number of hydrogen-bond donors (Lipinski definition) is 2. The van der Waals surface area contributed by atoms with Crippen molar-refractivity contribution in [3.8, 4) is 10.6 Å². The Morgan fingerprint density at radius 2 is 2.00 bits per heavy atom. The molecule has 0 saturated carbocycles. The van der Waals surface area contributed by atoms with Gasteiger partial charge in [-0.3, -0.25) is 4.79 Å². The maximum absolute atomic E-state index is 12.7. The highest BCUT2D eigenvalue weighted by atomic mass is 32.1. The smallest absolute Gasteiger partial charge is 0.318 e. The summed E-state index contributed by atoms with van der Waals surface area (Å²) in [4.78, 5) is 31.3. The summed E-state index contributed by atoms with van der Waals surface area (Å²) in [6.45, 7) is 1.22. The third-order valence-corrected chi connectivity index (χ3v) is 5.77. The van der Waals surface area contributed by atoms with E-state index in [2.05, 4.69) is 15.6 Å². The van der Waals surface area contributed by atoms with Gasteiger partial charge in [0.25, 0.3) is 0 Å². The number of nitrogens with one attached hydrogen (secondary N) is 2. The van der Waals surface area contributed by atoms with E-state index < -0.39 is 6.04 Å². The molecule has 3 heterocycles. The summed E-state index contributed by atoms with van der Waals surface area (Å²) < 4.78 is 5.22. The molecule has 150 valence electrons. The van der Waals surface area contributed by atoms with Crippen LogP contribution in [0.5, 0.6) is 0 Å². The fourth-order valence-corrected chi connectivity index (χ4v) is 4.18. The highest BCUT2D eigenvalue weighted by Gasteiger charge is 2.34. The van der Waals surface area contributed by atoms with Gasteiger partial charge in [-0.15, -0.1) is 11.3 Å². The fourth-order valence-electron chi connectivity index (χ4n) is 3.36. The van der Waals surface area contributed by atoms with Crippen LogP contribution in [-0.2, 0) is 17.9 Å². The van der Waals surface area contributed by atoms with Crippen molar-refractivity contribution in [1.82, 2.24) is 20.5 Å². The van der Waals surface area contributed by atoms with Crippen molar-refractivity contribution in [2.45, 2.75) is 32.0 Å². The van der Waals surface area contributed by atoms with Crippen LogP contribution >= 0.6 is 11.3 Å². The predicted molar refractivity (Wildman–Crippen MR) is 110 cm³/mol. The quantitative estimate of drug-likeness (QED) is 0.652. The van der Waals surface area contributed by atoms with Crippen molar-refractivity contribution in [1.29, 1.82) is 0 Å². The number of carbonyl (C=O) groups excluding carboxylic acids is 2. The average molecular weight is 410 g/mol. The highest BCUT2D eigenvalue weighted by molar-refractivity contribution is 7.13. The van der Waals surface area contributed by atoms with E-state index in [1.807, 2.05) is 35.7 Å². The maximum atomic E-state index is 12.7. The normalized spacial score (nSPS) is 16.0. The molecule has 1 fully saturated rings. The third-order valence-electron chi connectivity index (χ3n) is 4.83. The van der Waals surface area contributed by atoms with Crippen LogP contribution in [0.3, 0.4) is 0 Å². The number of hydrogen-bond acceptors (Lipinski definition) is 5. The number of urea groups is 1. The summed E-state index contributed by atoms with van der Waals surface area (Å²) >= 11 is 1.55. The molecular formula is C21H22N4O3S. The van der Waals surface area contributed by atoms with Crippen LogP contribution in [0, 0.1) is 0 Å². The molecule has 0 radical (unpaired) electrons. The lowest BCUT2D eigenvalue weighted by atomic mass is 10.2. The summed E-state index contributed by atoms with van der Waals surface area (Å²) in [5.41, 5.74) is 1.87. The lowest BCUT2D eigenvalue weighted by Crippen LogP contribution is -2.49. The second-order valence-electron chi connectivity index (χ2n) is 6.82. The minimum absolute atomic E-state index is 0.148. The van der Waals surface area contributed by atoms with Gasteiger partial charge in [-0.1, -0.05) is 30.3 Å². The number of aromatic nitrogens is 1. The number of thiazole rings is 1. The Bertz CT molecular complexity index is 955. The van der Waals surface area contributed by atoms with Gasteiger partial charge in [0.15, 0.2) is 0 Å². The Kier molecular flexibility index (Phi) is 5.90. The van der Waals surface area contributed by atoms with Gasteiger partial charge in [-0.25, -0.2) is 9.78 Å². The summed E-state index contributed by atoms with van der Waals surface area (Å²) in [6.07, 6.45) is 3.03. The summed E-state index contributed by atoms with van der Waals surface area (Å²) in [6, 6.07) is 12.8. The average Bonchev–Trinajstić information content (AvgIpc) is 3.52. The van der Waals surface area contributed by atoms with E-state index in [0.29, 0.717) is 31.8 Å². The van der Waals surface area contributed by atoms with Crippen molar-refractivity contribution in [2.75, 3.05) is 6.54 Å². The van der Waals surface area contributed by atoms with Crippen LogP contribution in [0.15, 0.2) is 58.5 Å². The minimum Gasteiger partial charge on any atom is -0.467 e. The fraction of sp³-hybridized carbons (Fsp3) is 0.286. The molecule has 2 aromatic heterocycles. The Hall–Kier alpha value is -3.13. The number of carbonyl (C=O) groups is 2. The Morgan fingerprint density at radius 3 is 2.79 bits per heavy atom. The molecule has 1 aliphatic heterocycles. The topological polar surface area (TPSA) is 87.5 Å². The Labute approximate surface area is 172 Å². The second kappa shape index (κ2) is 8.91. The molecule has 0 bridgehead atoms. The van der Waals surface area contributed by atoms with E-state index in [4.69, 9.17) is 4.42 Å². The second-order valence-corrected chi connectivity index (χ2v) is 7.68. The molecule has 1 saturated heterocycles. The SMILES string of the molecule is O=C(NCc1csc(-c2ccccc2)n1)C1CCCN1C(=O)NCc1ccco1. The van der Waals surface area contributed by atoms with E-state index in [0.717, 1.165) is 22.7 Å². The zero-order chi connectivity index (χ0) is 20.1. The van der Waals surface area contributed by atoms with Crippen LogP contribution in [0.25, 0.3) is 10.6 Å². The molecule has 3 amide bonds. The van der Waals surface area contributed by atoms with Crippen LogP contribution in [0.1, 0.15) is 24.3 Å². The summed E-state index contributed by atoms with van der Waals surface area (Å²) in [5.74, 6) is 0.529. The standard InChI is InChI=1S/C21H22N4O3S/c26-19(22-12-16-14-29-20(24-16)15-6-2-1-3-7-15)18-9-4-10-25(18)21(27)23-13-17-8-5-11-28-17/h1-3,5-8,11,14,18H,4,9-10,12-13H2,(H,22,26)(H,23,27). The van der Waals surface area contributed by atoms with Crippen molar-refractivity contribution in [2.24, 2.45) is 0 Å². The third kappa shape index (κ3) is 4.65. The molecule has 1 aromatic carbocycles.